The molecule has 0 unspecified atom stereocenters. The van der Waals surface area contributed by atoms with Crippen molar-refractivity contribution < 1.29 is 19.7 Å². The Morgan fingerprint density at radius 2 is 2.02 bits per heavy atom. The van der Waals surface area contributed by atoms with Gasteiger partial charge in [0.2, 0.25) is 0 Å². The third kappa shape index (κ3) is 5.35. The normalized spacial score (nSPS) is 27.8. The third-order valence-electron chi connectivity index (χ3n) is 9.11. The molecule has 6 rings (SSSR count). The van der Waals surface area contributed by atoms with Crippen LogP contribution in [-0.4, -0.2) is 99.6 Å². The first-order chi connectivity index (χ1) is 19.6. The van der Waals surface area contributed by atoms with Gasteiger partial charge in [0.15, 0.2) is 17.9 Å². The number of rotatable bonds is 10. The maximum Gasteiger partial charge on any atom is 0.162 e. The summed E-state index contributed by atoms with van der Waals surface area (Å²) in [6.07, 6.45) is 2.32. The number of methoxy groups -OCH3 is 1. The number of nitrogens with two attached hydrogens (primary N) is 1. The fourth-order valence-electron chi connectivity index (χ4n) is 6.48. The van der Waals surface area contributed by atoms with Gasteiger partial charge in [-0.3, -0.25) is 0 Å². The molecule has 0 bridgehead atoms. The third-order valence-corrected chi connectivity index (χ3v) is 9.11. The lowest BCUT2D eigenvalue weighted by Gasteiger charge is -2.42. The van der Waals surface area contributed by atoms with Crippen LogP contribution in [0.3, 0.4) is 0 Å². The second-order valence-electron chi connectivity index (χ2n) is 12.5. The molecule has 4 atom stereocenters. The first-order valence-electron chi connectivity index (χ1n) is 14.5. The minimum absolute atomic E-state index is 0.0555. The van der Waals surface area contributed by atoms with Crippen LogP contribution < -0.4 is 16.0 Å². The number of nitrogens with one attached hydrogen (secondary N) is 2. The van der Waals surface area contributed by atoms with E-state index in [9.17, 15) is 10.2 Å². The summed E-state index contributed by atoms with van der Waals surface area (Å²) in [6.45, 7) is 5.96. The molecule has 0 amide bonds. The summed E-state index contributed by atoms with van der Waals surface area (Å²) in [5.41, 5.74) is 9.83. The van der Waals surface area contributed by atoms with Crippen LogP contribution in [0.1, 0.15) is 44.5 Å². The van der Waals surface area contributed by atoms with Gasteiger partial charge in [-0.1, -0.05) is 19.9 Å². The summed E-state index contributed by atoms with van der Waals surface area (Å²) < 4.78 is 11.6. The Labute approximate surface area is 240 Å². The van der Waals surface area contributed by atoms with Crippen molar-refractivity contribution in [2.45, 2.75) is 75.5 Å². The van der Waals surface area contributed by atoms with E-state index in [0.717, 1.165) is 42.5 Å². The highest BCUT2D eigenvalue weighted by atomic mass is 16.6. The first-order valence-corrected chi connectivity index (χ1v) is 14.5. The standard InChI is InChI=1S/C29H42N8O4/c1-29(2,13-40-4)17-6-7-19-20(11-17)35-22(34-19)8-5-16-9-18(10-16)36(3)12-21-24(38)25(39)28(41-21)37-15-33-23-26(30)31-14-32-27(23)37/h6-7,11,14,16,18,21,24-25,28,33,38-39H,5,8-10,12-13,15H2,1-4H3,(H,34,35)(H2,30,31,32)/t16?,18?,21-,24-,25-,28-/m1/s1. The van der Waals surface area contributed by atoms with Gasteiger partial charge in [0.25, 0.3) is 0 Å². The van der Waals surface area contributed by atoms with Crippen LogP contribution >= 0.6 is 0 Å². The number of nitrogen functional groups attached to an aromatic ring is 1. The number of fused-ring (bicyclic) bond motifs is 2. The number of benzene rings is 1. The number of anilines is 3. The van der Waals surface area contributed by atoms with Crippen LogP contribution in [-0.2, 0) is 21.3 Å². The number of aromatic amines is 1. The van der Waals surface area contributed by atoms with Gasteiger partial charge in [0.1, 0.15) is 36.2 Å². The number of hydrogen-bond acceptors (Lipinski definition) is 11. The van der Waals surface area contributed by atoms with Gasteiger partial charge < -0.3 is 45.5 Å². The summed E-state index contributed by atoms with van der Waals surface area (Å²) in [5.74, 6) is 2.59. The number of aromatic nitrogens is 4. The number of hydrogen-bond donors (Lipinski definition) is 5. The highest BCUT2D eigenvalue weighted by molar-refractivity contribution is 5.80. The van der Waals surface area contributed by atoms with Crippen molar-refractivity contribution in [2.75, 3.05) is 49.9 Å². The van der Waals surface area contributed by atoms with Crippen molar-refractivity contribution in [1.29, 1.82) is 0 Å². The maximum atomic E-state index is 10.8. The van der Waals surface area contributed by atoms with E-state index >= 15 is 0 Å². The van der Waals surface area contributed by atoms with Crippen LogP contribution in [0.2, 0.25) is 0 Å². The molecular formula is C29H42N8O4. The minimum atomic E-state index is -1.06. The van der Waals surface area contributed by atoms with Gasteiger partial charge in [-0.2, -0.15) is 0 Å². The molecule has 0 spiro atoms. The Hall–Kier alpha value is -3.03. The van der Waals surface area contributed by atoms with Gasteiger partial charge in [0.05, 0.1) is 24.3 Å². The molecule has 3 aliphatic rings. The average Bonchev–Trinajstić information content (AvgIpc) is 3.60. The van der Waals surface area contributed by atoms with Gasteiger partial charge in [-0.05, 0) is 49.9 Å². The molecule has 3 aromatic rings. The van der Waals surface area contributed by atoms with Crippen molar-refractivity contribution in [3.05, 3.63) is 35.9 Å². The van der Waals surface area contributed by atoms with E-state index < -0.39 is 24.5 Å². The molecule has 1 aliphatic carbocycles. The summed E-state index contributed by atoms with van der Waals surface area (Å²) >= 11 is 0. The number of aliphatic hydroxyl groups excluding tert-OH is 2. The topological polar surface area (TPSA) is 158 Å². The van der Waals surface area contributed by atoms with Crippen LogP contribution in [0.15, 0.2) is 24.5 Å². The summed E-state index contributed by atoms with van der Waals surface area (Å²) in [6, 6.07) is 6.87. The van der Waals surface area contributed by atoms with E-state index in [1.807, 2.05) is 0 Å². The van der Waals surface area contributed by atoms with E-state index in [0.29, 0.717) is 49.1 Å². The molecule has 4 heterocycles. The van der Waals surface area contributed by atoms with E-state index in [-0.39, 0.29) is 5.41 Å². The Balaban J connectivity index is 0.988. The van der Waals surface area contributed by atoms with Gasteiger partial charge in [-0.15, -0.1) is 0 Å². The molecule has 6 N–H and O–H groups in total. The molecule has 12 nitrogen and oxygen atoms in total. The van der Waals surface area contributed by atoms with Gasteiger partial charge in [-0.25, -0.2) is 15.0 Å². The lowest BCUT2D eigenvalue weighted by Crippen LogP contribution is -2.47. The molecule has 41 heavy (non-hydrogen) atoms. The first kappa shape index (κ1) is 28.1. The van der Waals surface area contributed by atoms with E-state index in [4.69, 9.17) is 20.2 Å². The summed E-state index contributed by atoms with van der Waals surface area (Å²) in [7, 11) is 3.81. The van der Waals surface area contributed by atoms with E-state index in [1.54, 1.807) is 12.0 Å². The molecular weight excluding hydrogens is 524 g/mol. The lowest BCUT2D eigenvalue weighted by molar-refractivity contribution is -0.0257. The Morgan fingerprint density at radius 3 is 2.80 bits per heavy atom. The molecule has 222 valence electrons. The van der Waals surface area contributed by atoms with Crippen LogP contribution in [0.5, 0.6) is 0 Å². The predicted molar refractivity (Wildman–Crippen MR) is 157 cm³/mol. The highest BCUT2D eigenvalue weighted by Gasteiger charge is 2.48. The Kier molecular flexibility index (Phi) is 7.53. The van der Waals surface area contributed by atoms with Crippen LogP contribution in [0, 0.1) is 5.92 Å². The van der Waals surface area contributed by atoms with Gasteiger partial charge >= 0.3 is 0 Å². The molecule has 1 saturated heterocycles. The van der Waals surface area contributed by atoms with Crippen molar-refractivity contribution in [3.8, 4) is 0 Å². The zero-order chi connectivity index (χ0) is 28.9. The van der Waals surface area contributed by atoms with Gasteiger partial charge in [0, 0.05) is 31.5 Å². The second kappa shape index (κ2) is 11.0. The average molecular weight is 567 g/mol. The molecule has 2 aliphatic heterocycles. The zero-order valence-corrected chi connectivity index (χ0v) is 24.2. The Morgan fingerprint density at radius 1 is 1.22 bits per heavy atom. The summed E-state index contributed by atoms with van der Waals surface area (Å²) in [4.78, 5) is 20.7. The van der Waals surface area contributed by atoms with E-state index in [1.165, 1.54) is 11.9 Å². The fraction of sp³-hybridized carbons (Fsp3) is 0.621. The monoisotopic (exact) mass is 566 g/mol. The number of likely N-dealkylation sites (N-methyl/N-ethyl adjacent to an activating group) is 1. The molecule has 1 aromatic carbocycles. The van der Waals surface area contributed by atoms with E-state index in [2.05, 4.69) is 64.3 Å². The molecule has 12 heteroatoms. The number of H-pyrrole nitrogens is 1. The lowest BCUT2D eigenvalue weighted by atomic mass is 9.76. The predicted octanol–water partition coefficient (Wildman–Crippen LogP) is 1.84. The number of ether oxygens (including phenoxy) is 2. The quantitative estimate of drug-likeness (QED) is 0.244. The SMILES string of the molecule is COCC(C)(C)c1ccc2nc(CCC3CC(N(C)C[C@H]4O[C@@H](N5CNc6c(N)ncnc65)[C@H](O)[C@@H]4O)C3)[nH]c2c1. The van der Waals surface area contributed by atoms with Crippen LogP contribution in [0.4, 0.5) is 17.3 Å². The zero-order valence-electron chi connectivity index (χ0n) is 24.2. The number of nitrogens with zero attached hydrogens (tertiary/aromatic N) is 5. The molecule has 2 aromatic heterocycles. The largest absolute Gasteiger partial charge is 0.387 e. The number of aryl methyl sites for hydroxylation is 1. The highest BCUT2D eigenvalue weighted by Crippen LogP contribution is 2.39. The Bertz CT molecular complexity index is 1380. The molecule has 2 fully saturated rings. The van der Waals surface area contributed by atoms with Crippen molar-refractivity contribution in [1.82, 2.24) is 24.8 Å². The number of aliphatic hydroxyl groups is 2. The molecule has 0 radical (unpaired) electrons. The smallest absolute Gasteiger partial charge is 0.162 e. The van der Waals surface area contributed by atoms with Crippen molar-refractivity contribution >= 4 is 28.4 Å². The molecule has 1 saturated carbocycles. The second-order valence-corrected chi connectivity index (χ2v) is 12.5. The summed E-state index contributed by atoms with van der Waals surface area (Å²) in [5, 5.41) is 24.8. The minimum Gasteiger partial charge on any atom is -0.387 e. The maximum absolute atomic E-state index is 10.8. The van der Waals surface area contributed by atoms with Crippen LogP contribution in [0.25, 0.3) is 11.0 Å². The van der Waals surface area contributed by atoms with Crippen molar-refractivity contribution in [2.24, 2.45) is 5.92 Å². The fourth-order valence-corrected chi connectivity index (χ4v) is 6.48. The number of imidazole rings is 1. The van der Waals surface area contributed by atoms with Crippen molar-refractivity contribution in [3.63, 3.8) is 0 Å².